The van der Waals surface area contributed by atoms with Crippen LogP contribution in [-0.4, -0.2) is 15.9 Å². The quantitative estimate of drug-likeness (QED) is 0.800. The Morgan fingerprint density at radius 2 is 2.27 bits per heavy atom. The number of nitrogens with one attached hydrogen (secondary N) is 1. The summed E-state index contributed by atoms with van der Waals surface area (Å²) in [5.74, 6) is -0.0786. The van der Waals surface area contributed by atoms with Gasteiger partial charge in [-0.1, -0.05) is 11.6 Å². The van der Waals surface area contributed by atoms with Crippen LogP contribution >= 0.6 is 11.6 Å². The molecule has 0 aliphatic heterocycles. The summed E-state index contributed by atoms with van der Waals surface area (Å²) in [7, 11) is 0. The summed E-state index contributed by atoms with van der Waals surface area (Å²) in [4.78, 5) is 19.9. The van der Waals surface area contributed by atoms with Crippen LogP contribution in [0.3, 0.4) is 0 Å². The molecule has 0 saturated heterocycles. The molecule has 7 heteroatoms. The van der Waals surface area contributed by atoms with Gasteiger partial charge in [0.05, 0.1) is 16.7 Å². The molecule has 0 fully saturated rings. The number of oxazole rings is 1. The molecule has 0 saturated carbocycles. The Kier molecular flexibility index (Phi) is 3.73. The molecular weight excluding hydrogens is 304 g/mol. The van der Waals surface area contributed by atoms with Crippen molar-refractivity contribution in [2.24, 2.45) is 0 Å². The van der Waals surface area contributed by atoms with Gasteiger partial charge in [0.15, 0.2) is 0 Å². The molecule has 6 nitrogen and oxygen atoms in total. The summed E-state index contributed by atoms with van der Waals surface area (Å²) in [5, 5.41) is 11.6. The second kappa shape index (κ2) is 5.84. The molecule has 2 aromatic heterocycles. The SMILES string of the molecule is N#CCC(=O)Nc1ccc(Cl)c(-c2nc3cccnc3o2)c1. The van der Waals surface area contributed by atoms with Crippen LogP contribution < -0.4 is 5.32 Å². The van der Waals surface area contributed by atoms with Gasteiger partial charge < -0.3 is 9.73 Å². The summed E-state index contributed by atoms with van der Waals surface area (Å²) in [5.41, 5.74) is 2.07. The van der Waals surface area contributed by atoms with Crippen LogP contribution in [0.2, 0.25) is 5.02 Å². The van der Waals surface area contributed by atoms with E-state index in [0.29, 0.717) is 33.4 Å². The minimum atomic E-state index is -0.394. The summed E-state index contributed by atoms with van der Waals surface area (Å²) in [6, 6.07) is 10.2. The third-order valence-corrected chi connectivity index (χ3v) is 3.22. The highest BCUT2D eigenvalue weighted by Crippen LogP contribution is 2.31. The topological polar surface area (TPSA) is 91.8 Å². The molecule has 0 atom stereocenters. The standard InChI is InChI=1S/C15H9ClN4O2/c16-11-4-3-9(19-13(21)5-6-17)8-10(11)14-20-12-2-1-7-18-15(12)22-14/h1-4,7-8H,5H2,(H,19,21). The number of hydrogen-bond acceptors (Lipinski definition) is 5. The number of carbonyl (C=O) groups is 1. The number of nitrogens with zero attached hydrogens (tertiary/aromatic N) is 3. The Bertz CT molecular complexity index is 865. The number of fused-ring (bicyclic) bond motifs is 1. The van der Waals surface area contributed by atoms with Gasteiger partial charge in [-0.3, -0.25) is 4.79 Å². The molecule has 108 valence electrons. The van der Waals surface area contributed by atoms with Crippen molar-refractivity contribution in [2.75, 3.05) is 5.32 Å². The molecule has 2 heterocycles. The maximum atomic E-state index is 11.5. The van der Waals surface area contributed by atoms with E-state index in [9.17, 15) is 4.79 Å². The largest absolute Gasteiger partial charge is 0.418 e. The zero-order valence-electron chi connectivity index (χ0n) is 11.2. The summed E-state index contributed by atoms with van der Waals surface area (Å²) >= 11 is 6.17. The summed E-state index contributed by atoms with van der Waals surface area (Å²) in [6.07, 6.45) is 1.39. The monoisotopic (exact) mass is 312 g/mol. The lowest BCUT2D eigenvalue weighted by molar-refractivity contribution is -0.115. The molecular formula is C15H9ClN4O2. The second-order valence-electron chi connectivity index (χ2n) is 4.42. The molecule has 22 heavy (non-hydrogen) atoms. The fourth-order valence-corrected chi connectivity index (χ4v) is 2.13. The number of nitriles is 1. The Morgan fingerprint density at radius 3 is 3.05 bits per heavy atom. The average Bonchev–Trinajstić information content (AvgIpc) is 2.93. The van der Waals surface area contributed by atoms with E-state index < -0.39 is 5.91 Å². The van der Waals surface area contributed by atoms with Gasteiger partial charge in [0, 0.05) is 11.9 Å². The van der Waals surface area contributed by atoms with Gasteiger partial charge in [-0.05, 0) is 30.3 Å². The first-order valence-corrected chi connectivity index (χ1v) is 6.73. The van der Waals surface area contributed by atoms with Gasteiger partial charge in [0.1, 0.15) is 11.9 Å². The normalized spacial score (nSPS) is 10.4. The van der Waals surface area contributed by atoms with Crippen molar-refractivity contribution in [1.29, 1.82) is 5.26 Å². The zero-order valence-corrected chi connectivity index (χ0v) is 12.0. The van der Waals surface area contributed by atoms with Crippen molar-refractivity contribution in [2.45, 2.75) is 6.42 Å². The third-order valence-electron chi connectivity index (χ3n) is 2.89. The third kappa shape index (κ3) is 2.75. The van der Waals surface area contributed by atoms with E-state index in [1.807, 2.05) is 0 Å². The molecule has 0 aliphatic carbocycles. The molecule has 0 spiro atoms. The predicted molar refractivity (Wildman–Crippen MR) is 81.1 cm³/mol. The number of carbonyl (C=O) groups excluding carboxylic acids is 1. The van der Waals surface area contributed by atoms with Crippen LogP contribution in [0.15, 0.2) is 40.9 Å². The van der Waals surface area contributed by atoms with E-state index >= 15 is 0 Å². The molecule has 0 aliphatic rings. The van der Waals surface area contributed by atoms with Crippen LogP contribution in [0.5, 0.6) is 0 Å². The number of rotatable bonds is 3. The number of amides is 1. The van der Waals surface area contributed by atoms with Gasteiger partial charge >= 0.3 is 0 Å². The van der Waals surface area contributed by atoms with Gasteiger partial charge in [-0.15, -0.1) is 0 Å². The van der Waals surface area contributed by atoms with Gasteiger partial charge in [-0.2, -0.15) is 5.26 Å². The highest BCUT2D eigenvalue weighted by Gasteiger charge is 2.13. The Labute approximate surface area is 130 Å². The minimum absolute atomic E-state index is 0.217. The number of anilines is 1. The van der Waals surface area contributed by atoms with Crippen molar-refractivity contribution >= 4 is 34.4 Å². The highest BCUT2D eigenvalue weighted by molar-refractivity contribution is 6.33. The highest BCUT2D eigenvalue weighted by atomic mass is 35.5. The lowest BCUT2D eigenvalue weighted by Crippen LogP contribution is -2.10. The second-order valence-corrected chi connectivity index (χ2v) is 4.83. The summed E-state index contributed by atoms with van der Waals surface area (Å²) in [6.45, 7) is 0. The lowest BCUT2D eigenvalue weighted by Gasteiger charge is -2.05. The van der Waals surface area contributed by atoms with E-state index in [2.05, 4.69) is 15.3 Å². The van der Waals surface area contributed by atoms with Gasteiger partial charge in [0.25, 0.3) is 0 Å². The smallest absolute Gasteiger partial charge is 0.247 e. The van der Waals surface area contributed by atoms with Crippen LogP contribution in [0.25, 0.3) is 22.7 Å². The van der Waals surface area contributed by atoms with Crippen molar-refractivity contribution in [3.8, 4) is 17.5 Å². The maximum Gasteiger partial charge on any atom is 0.247 e. The van der Waals surface area contributed by atoms with Crippen LogP contribution in [0.1, 0.15) is 6.42 Å². The molecule has 0 radical (unpaired) electrons. The van der Waals surface area contributed by atoms with Crippen LogP contribution in [0.4, 0.5) is 5.69 Å². The molecule has 3 aromatic rings. The molecule has 1 amide bonds. The molecule has 3 rings (SSSR count). The lowest BCUT2D eigenvalue weighted by atomic mass is 10.2. The van der Waals surface area contributed by atoms with E-state index in [-0.39, 0.29) is 6.42 Å². The number of benzene rings is 1. The van der Waals surface area contributed by atoms with Gasteiger partial charge in [0.2, 0.25) is 17.5 Å². The van der Waals surface area contributed by atoms with E-state index in [4.69, 9.17) is 21.3 Å². The van der Waals surface area contributed by atoms with E-state index in [0.717, 1.165) is 0 Å². The van der Waals surface area contributed by atoms with Crippen molar-refractivity contribution in [1.82, 2.24) is 9.97 Å². The number of halogens is 1. The predicted octanol–water partition coefficient (Wildman–Crippen LogP) is 3.40. The Hall–Kier alpha value is -2.91. The van der Waals surface area contributed by atoms with Gasteiger partial charge in [-0.25, -0.2) is 9.97 Å². The number of pyridine rings is 1. The van der Waals surface area contributed by atoms with E-state index in [1.54, 1.807) is 42.6 Å². The first kappa shape index (κ1) is 14.0. The zero-order chi connectivity index (χ0) is 15.5. The minimum Gasteiger partial charge on any atom is -0.418 e. The van der Waals surface area contributed by atoms with Crippen molar-refractivity contribution < 1.29 is 9.21 Å². The summed E-state index contributed by atoms with van der Waals surface area (Å²) < 4.78 is 5.57. The fourth-order valence-electron chi connectivity index (χ4n) is 1.93. The number of aromatic nitrogens is 2. The van der Waals surface area contributed by atoms with Crippen LogP contribution in [-0.2, 0) is 4.79 Å². The molecule has 0 bridgehead atoms. The Morgan fingerprint density at radius 1 is 1.41 bits per heavy atom. The van der Waals surface area contributed by atoms with Crippen molar-refractivity contribution in [3.05, 3.63) is 41.6 Å². The average molecular weight is 313 g/mol. The number of hydrogen-bond donors (Lipinski definition) is 1. The maximum absolute atomic E-state index is 11.5. The van der Waals surface area contributed by atoms with Crippen LogP contribution in [0, 0.1) is 11.3 Å². The van der Waals surface area contributed by atoms with E-state index in [1.165, 1.54) is 0 Å². The Balaban J connectivity index is 1.99. The first-order chi connectivity index (χ1) is 10.7. The molecule has 0 unspecified atom stereocenters. The molecule has 1 aromatic carbocycles. The first-order valence-electron chi connectivity index (χ1n) is 6.35. The molecule has 1 N–H and O–H groups in total. The van der Waals surface area contributed by atoms with Crippen molar-refractivity contribution in [3.63, 3.8) is 0 Å². The fraction of sp³-hybridized carbons (Fsp3) is 0.0667.